The van der Waals surface area contributed by atoms with Gasteiger partial charge in [0, 0.05) is 18.9 Å². The van der Waals surface area contributed by atoms with E-state index in [-0.39, 0.29) is 12.1 Å². The fourth-order valence-electron chi connectivity index (χ4n) is 2.05. The van der Waals surface area contributed by atoms with Gasteiger partial charge in [-0.05, 0) is 18.8 Å². The van der Waals surface area contributed by atoms with Gasteiger partial charge in [0.1, 0.15) is 5.82 Å². The molecule has 17 heavy (non-hydrogen) atoms. The van der Waals surface area contributed by atoms with Crippen LogP contribution in [0.2, 0.25) is 0 Å². The summed E-state index contributed by atoms with van der Waals surface area (Å²) in [4.78, 5) is 21.0. The number of amides is 1. The molecule has 1 amide bonds. The van der Waals surface area contributed by atoms with Crippen molar-refractivity contribution in [2.24, 2.45) is 5.92 Å². The molecule has 0 saturated carbocycles. The first-order chi connectivity index (χ1) is 8.18. The molecular weight excluding hydrogens is 218 g/mol. The number of carbonyl (C=O) groups is 1. The Labute approximate surface area is 101 Å². The minimum atomic E-state index is -0.224. The van der Waals surface area contributed by atoms with E-state index in [0.717, 1.165) is 25.2 Å². The van der Waals surface area contributed by atoms with Gasteiger partial charge in [-0.3, -0.25) is 4.90 Å². The van der Waals surface area contributed by atoms with Gasteiger partial charge in [-0.15, -0.1) is 0 Å². The van der Waals surface area contributed by atoms with Gasteiger partial charge < -0.3 is 9.72 Å². The lowest BCUT2D eigenvalue weighted by Gasteiger charge is -2.22. The van der Waals surface area contributed by atoms with Crippen LogP contribution in [-0.4, -0.2) is 34.1 Å². The lowest BCUT2D eigenvalue weighted by molar-refractivity contribution is 0.0871. The molecule has 1 aliphatic rings. The molecule has 1 atom stereocenters. The number of hydrogen-bond acceptors (Lipinski definition) is 3. The van der Waals surface area contributed by atoms with Gasteiger partial charge in [-0.2, -0.15) is 0 Å². The van der Waals surface area contributed by atoms with Crippen LogP contribution < -0.4 is 0 Å². The van der Waals surface area contributed by atoms with E-state index in [1.54, 1.807) is 17.3 Å². The van der Waals surface area contributed by atoms with Crippen molar-refractivity contribution in [1.29, 1.82) is 0 Å². The molecule has 1 fully saturated rings. The average Bonchev–Trinajstić information content (AvgIpc) is 2.94. The van der Waals surface area contributed by atoms with Crippen LogP contribution in [0.3, 0.4) is 0 Å². The zero-order valence-corrected chi connectivity index (χ0v) is 10.3. The summed E-state index contributed by atoms with van der Waals surface area (Å²) < 4.78 is 5.26. The van der Waals surface area contributed by atoms with Crippen LogP contribution >= 0.6 is 0 Å². The number of nitrogens with zero attached hydrogens (tertiary/aromatic N) is 2. The Kier molecular flexibility index (Phi) is 3.66. The summed E-state index contributed by atoms with van der Waals surface area (Å²) >= 11 is 0. The molecule has 94 valence electrons. The molecule has 0 radical (unpaired) electrons. The molecule has 1 aromatic heterocycles. The number of rotatable bonds is 3. The van der Waals surface area contributed by atoms with Gasteiger partial charge in [-0.25, -0.2) is 9.78 Å². The number of carbonyl (C=O) groups excluding carboxylic acids is 1. The molecule has 2 heterocycles. The van der Waals surface area contributed by atoms with Crippen molar-refractivity contribution in [3.63, 3.8) is 0 Å². The lowest BCUT2D eigenvalue weighted by atomic mass is 10.2. The maximum atomic E-state index is 11.9. The van der Waals surface area contributed by atoms with Gasteiger partial charge >= 0.3 is 6.09 Å². The Hall–Kier alpha value is -1.52. The molecule has 1 aromatic rings. The number of ether oxygens (including phenoxy) is 1. The first kappa shape index (κ1) is 12.0. The molecular formula is C12H19N3O2. The molecule has 2 rings (SSSR count). The Morgan fingerprint density at radius 3 is 3.18 bits per heavy atom. The second kappa shape index (κ2) is 5.21. The molecule has 1 N–H and O–H groups in total. The third-order valence-corrected chi connectivity index (χ3v) is 2.86. The Balaban J connectivity index is 1.97. The van der Waals surface area contributed by atoms with E-state index in [9.17, 15) is 4.79 Å². The molecule has 5 nitrogen and oxygen atoms in total. The number of likely N-dealkylation sites (tertiary alicyclic amines) is 1. The van der Waals surface area contributed by atoms with E-state index < -0.39 is 0 Å². The number of imidazole rings is 1. The molecule has 0 spiro atoms. The predicted octanol–water partition coefficient (Wildman–Crippen LogP) is 2.34. The van der Waals surface area contributed by atoms with E-state index in [1.165, 1.54) is 0 Å². The highest BCUT2D eigenvalue weighted by Crippen LogP contribution is 2.30. The topological polar surface area (TPSA) is 58.2 Å². The van der Waals surface area contributed by atoms with Crippen molar-refractivity contribution in [1.82, 2.24) is 14.9 Å². The SMILES string of the molecule is CC(C)COC(=O)N1CCC[C@H]1c1ncc[nH]1. The molecule has 1 saturated heterocycles. The van der Waals surface area contributed by atoms with Crippen molar-refractivity contribution in [2.75, 3.05) is 13.2 Å². The number of nitrogens with one attached hydrogen (secondary N) is 1. The third kappa shape index (κ3) is 2.78. The summed E-state index contributed by atoms with van der Waals surface area (Å²) in [5.74, 6) is 1.22. The summed E-state index contributed by atoms with van der Waals surface area (Å²) in [6.45, 7) is 5.28. The highest BCUT2D eigenvalue weighted by atomic mass is 16.6. The molecule has 0 aromatic carbocycles. The van der Waals surface area contributed by atoms with Gasteiger partial charge in [0.2, 0.25) is 0 Å². The first-order valence-electron chi connectivity index (χ1n) is 6.11. The minimum absolute atomic E-state index is 0.0460. The summed E-state index contributed by atoms with van der Waals surface area (Å²) in [6, 6.07) is 0.0460. The fraction of sp³-hybridized carbons (Fsp3) is 0.667. The van der Waals surface area contributed by atoms with E-state index >= 15 is 0 Å². The summed E-state index contributed by atoms with van der Waals surface area (Å²) in [5, 5.41) is 0. The van der Waals surface area contributed by atoms with Gasteiger partial charge in [-0.1, -0.05) is 13.8 Å². The van der Waals surface area contributed by atoms with Gasteiger partial charge in [0.15, 0.2) is 0 Å². The quantitative estimate of drug-likeness (QED) is 0.877. The van der Waals surface area contributed by atoms with Crippen molar-refractivity contribution >= 4 is 6.09 Å². The minimum Gasteiger partial charge on any atom is -0.449 e. The number of aromatic nitrogens is 2. The van der Waals surface area contributed by atoms with Crippen molar-refractivity contribution in [3.05, 3.63) is 18.2 Å². The second-order valence-electron chi connectivity index (χ2n) is 4.80. The normalized spacial score (nSPS) is 19.9. The van der Waals surface area contributed by atoms with Crippen LogP contribution in [0.25, 0.3) is 0 Å². The Bertz CT molecular complexity index is 362. The van der Waals surface area contributed by atoms with Crippen LogP contribution in [0.5, 0.6) is 0 Å². The largest absolute Gasteiger partial charge is 0.449 e. The Morgan fingerprint density at radius 1 is 1.71 bits per heavy atom. The van der Waals surface area contributed by atoms with Crippen LogP contribution in [0.4, 0.5) is 4.79 Å². The number of aromatic amines is 1. The maximum Gasteiger partial charge on any atom is 0.410 e. The summed E-state index contributed by atoms with van der Waals surface area (Å²) in [7, 11) is 0. The van der Waals surface area contributed by atoms with Crippen LogP contribution in [0.15, 0.2) is 12.4 Å². The lowest BCUT2D eigenvalue weighted by Crippen LogP contribution is -2.32. The molecule has 1 aliphatic heterocycles. The second-order valence-corrected chi connectivity index (χ2v) is 4.80. The third-order valence-electron chi connectivity index (χ3n) is 2.86. The standard InChI is InChI=1S/C12H19N3O2/c1-9(2)8-17-12(16)15-7-3-4-10(15)11-13-5-6-14-11/h5-6,9-10H,3-4,7-8H2,1-2H3,(H,13,14)/t10-/m0/s1. The molecule has 0 bridgehead atoms. The van der Waals surface area contributed by atoms with Crippen LogP contribution in [-0.2, 0) is 4.74 Å². The first-order valence-corrected chi connectivity index (χ1v) is 6.11. The maximum absolute atomic E-state index is 11.9. The van der Waals surface area contributed by atoms with Crippen LogP contribution in [0, 0.1) is 5.92 Å². The smallest absolute Gasteiger partial charge is 0.410 e. The summed E-state index contributed by atoms with van der Waals surface area (Å²) in [5.41, 5.74) is 0. The number of H-pyrrole nitrogens is 1. The van der Waals surface area contributed by atoms with Gasteiger partial charge in [0.05, 0.1) is 12.6 Å². The zero-order valence-electron chi connectivity index (χ0n) is 10.3. The fourth-order valence-corrected chi connectivity index (χ4v) is 2.05. The van der Waals surface area contributed by atoms with Crippen molar-refractivity contribution in [2.45, 2.75) is 32.7 Å². The molecule has 0 aliphatic carbocycles. The van der Waals surface area contributed by atoms with E-state index in [4.69, 9.17) is 4.74 Å². The monoisotopic (exact) mass is 237 g/mol. The highest BCUT2D eigenvalue weighted by Gasteiger charge is 2.32. The predicted molar refractivity (Wildman–Crippen MR) is 63.5 cm³/mol. The van der Waals surface area contributed by atoms with Crippen molar-refractivity contribution in [3.8, 4) is 0 Å². The highest BCUT2D eigenvalue weighted by molar-refractivity contribution is 5.68. The van der Waals surface area contributed by atoms with E-state index in [2.05, 4.69) is 9.97 Å². The van der Waals surface area contributed by atoms with E-state index in [1.807, 2.05) is 13.8 Å². The Morgan fingerprint density at radius 2 is 2.53 bits per heavy atom. The summed E-state index contributed by atoms with van der Waals surface area (Å²) in [6.07, 6.45) is 5.22. The van der Waals surface area contributed by atoms with Gasteiger partial charge in [0.25, 0.3) is 0 Å². The average molecular weight is 237 g/mol. The van der Waals surface area contributed by atoms with E-state index in [0.29, 0.717) is 12.5 Å². The molecule has 0 unspecified atom stereocenters. The number of hydrogen-bond donors (Lipinski definition) is 1. The zero-order chi connectivity index (χ0) is 12.3. The molecule has 5 heteroatoms. The van der Waals surface area contributed by atoms with Crippen molar-refractivity contribution < 1.29 is 9.53 Å². The van der Waals surface area contributed by atoms with Crippen LogP contribution in [0.1, 0.15) is 38.6 Å².